The number of para-hydroxylation sites is 2. The second kappa shape index (κ2) is 15.5. The average molecular weight is 913 g/mol. The molecule has 0 amide bonds. The molecule has 7 aromatic carbocycles. The van der Waals surface area contributed by atoms with E-state index in [0.29, 0.717) is 84.3 Å². The van der Waals surface area contributed by atoms with Crippen molar-refractivity contribution in [3.8, 4) is 63.4 Å². The van der Waals surface area contributed by atoms with E-state index in [1.165, 1.54) is 12.1 Å². The van der Waals surface area contributed by atoms with E-state index >= 15 is 0 Å². The highest BCUT2D eigenvalue weighted by molar-refractivity contribution is 7.85. The van der Waals surface area contributed by atoms with E-state index in [2.05, 4.69) is 17.0 Å². The summed E-state index contributed by atoms with van der Waals surface area (Å²) < 4.78 is 40.3. The van der Waals surface area contributed by atoms with Crippen molar-refractivity contribution >= 4 is 83.7 Å². The summed E-state index contributed by atoms with van der Waals surface area (Å²) in [5.74, 6) is 1.25. The lowest BCUT2D eigenvalue weighted by molar-refractivity contribution is 0.483. The maximum Gasteiger partial charge on any atom is 0.294 e. The van der Waals surface area contributed by atoms with Crippen molar-refractivity contribution in [2.75, 3.05) is 0 Å². The Labute approximate surface area is 379 Å². The van der Waals surface area contributed by atoms with Gasteiger partial charge in [-0.05, 0) is 91.0 Å². The minimum atomic E-state index is -4.57. The quantitative estimate of drug-likeness (QED) is 0.122. The van der Waals surface area contributed by atoms with Gasteiger partial charge in [-0.25, -0.2) is 19.8 Å². The summed E-state index contributed by atoms with van der Waals surface area (Å²) in [6.07, 6.45) is 0. The van der Waals surface area contributed by atoms with Gasteiger partial charge in [-0.1, -0.05) is 83.3 Å². The normalized spacial score (nSPS) is 11.5. The van der Waals surface area contributed by atoms with Gasteiger partial charge in [0.25, 0.3) is 10.1 Å². The van der Waals surface area contributed by atoms with Crippen molar-refractivity contribution in [2.24, 2.45) is 0 Å². The van der Waals surface area contributed by atoms with Crippen molar-refractivity contribution in [3.63, 3.8) is 0 Å². The van der Waals surface area contributed by atoms with Crippen LogP contribution in [0, 0.1) is 29.2 Å². The van der Waals surface area contributed by atoms with Crippen LogP contribution in [0.15, 0.2) is 144 Å². The second-order valence-corrected chi connectivity index (χ2v) is 17.1. The Balaban J connectivity index is 1.48. The third kappa shape index (κ3) is 6.54. The van der Waals surface area contributed by atoms with Gasteiger partial charge in [-0.2, -0.15) is 18.9 Å². The maximum absolute atomic E-state index is 12.3. The third-order valence-corrected chi connectivity index (χ3v) is 12.5. The molecule has 3 aromatic heterocycles. The predicted molar refractivity (Wildman–Crippen MR) is 247 cm³/mol. The largest absolute Gasteiger partial charge is 0.294 e. The molecular formula is C48H24Cl3N9O3S. The Hall–Kier alpha value is -7.80. The molecule has 0 saturated heterocycles. The molecule has 0 radical (unpaired) electrons. The number of hydrogen-bond donors (Lipinski definition) is 1. The zero-order valence-electron chi connectivity index (χ0n) is 32.6. The smallest absolute Gasteiger partial charge is 0.290 e. The average Bonchev–Trinajstić information content (AvgIpc) is 4.02. The highest BCUT2D eigenvalue weighted by Gasteiger charge is 2.31. The van der Waals surface area contributed by atoms with Crippen LogP contribution < -0.4 is 0 Å². The second-order valence-electron chi connectivity index (χ2n) is 14.4. The molecule has 0 unspecified atom stereocenters. The zero-order chi connectivity index (χ0) is 44.4. The molecule has 10 aromatic rings. The van der Waals surface area contributed by atoms with E-state index in [1.807, 2.05) is 74.4 Å². The van der Waals surface area contributed by atoms with E-state index in [9.17, 15) is 23.5 Å². The zero-order valence-corrected chi connectivity index (χ0v) is 35.7. The van der Waals surface area contributed by atoms with Crippen molar-refractivity contribution in [3.05, 3.63) is 177 Å². The number of benzene rings is 7. The van der Waals surface area contributed by atoms with Crippen LogP contribution in [0.5, 0.6) is 0 Å². The Morgan fingerprint density at radius 3 is 1.25 bits per heavy atom. The fraction of sp³-hybridized carbons (Fsp3) is 0. The first-order chi connectivity index (χ1) is 31.0. The number of rotatable bonds is 7. The fourth-order valence-corrected chi connectivity index (χ4v) is 9.04. The molecule has 306 valence electrons. The minimum Gasteiger partial charge on any atom is -0.290 e. The van der Waals surface area contributed by atoms with Crippen molar-refractivity contribution in [2.45, 2.75) is 4.90 Å². The van der Waals surface area contributed by atoms with Crippen molar-refractivity contribution < 1.29 is 13.0 Å². The Bertz CT molecular complexity index is 3760. The molecule has 12 nitrogen and oxygen atoms in total. The fourth-order valence-electron chi connectivity index (χ4n) is 7.89. The van der Waals surface area contributed by atoms with Crippen molar-refractivity contribution in [1.29, 1.82) is 10.5 Å². The van der Waals surface area contributed by atoms with E-state index < -0.39 is 10.1 Å². The van der Waals surface area contributed by atoms with Crippen LogP contribution >= 0.6 is 34.8 Å². The maximum atomic E-state index is 12.3. The molecule has 3 heterocycles. The molecule has 0 bridgehead atoms. The van der Waals surface area contributed by atoms with Gasteiger partial charge < -0.3 is 0 Å². The van der Waals surface area contributed by atoms with Crippen LogP contribution in [0.4, 0.5) is 5.69 Å². The SMILES string of the molecule is [C-]#[N+]c1ccc(-c2nc3c4c(nc(-c5ccc(C#N)c(Cl)c5)n4-c4ccccc4)c4c(nc(-c5ccc(C#N)c(Cl)c5)n4-c4ccc(S(=O)(=O)O)cc4)c3n2-c2ccccc2)cc1Cl. The number of fused-ring (bicyclic) bond motifs is 6. The summed E-state index contributed by atoms with van der Waals surface area (Å²) in [6, 6.07) is 44.2. The van der Waals surface area contributed by atoms with Gasteiger partial charge >= 0.3 is 0 Å². The van der Waals surface area contributed by atoms with Gasteiger partial charge in [-0.15, -0.1) is 0 Å². The number of hydrogen-bond acceptors (Lipinski definition) is 7. The summed E-state index contributed by atoms with van der Waals surface area (Å²) in [5.41, 5.74) is 7.24. The summed E-state index contributed by atoms with van der Waals surface area (Å²) in [6.45, 7) is 7.67. The van der Waals surface area contributed by atoms with Crippen LogP contribution in [0.25, 0.3) is 89.2 Å². The molecular weight excluding hydrogens is 889 g/mol. The summed E-state index contributed by atoms with van der Waals surface area (Å²) in [4.78, 5) is 19.5. The van der Waals surface area contributed by atoms with Crippen LogP contribution in [-0.4, -0.2) is 41.6 Å². The van der Waals surface area contributed by atoms with Crippen LogP contribution in [-0.2, 0) is 10.1 Å². The molecule has 0 aliphatic rings. The molecule has 0 spiro atoms. The molecule has 64 heavy (non-hydrogen) atoms. The standard InChI is InChI=1S/C48H24Cl3N9O3S/c1-54-39-21-16-29(24-38(39)51)48-57-40-43-41(55-46(58(43)32-8-4-2-5-9-32)27-12-14-30(25-52)36(49)22-27)45-42(44(40)59(48)33-10-6-3-7-11-33)56-47(28-13-15-31(26-53)37(50)23-28)60(45)34-17-19-35(20-18-34)64(61,62)63/h2-24H,(H,61,62,63). The molecule has 0 atom stereocenters. The first-order valence-electron chi connectivity index (χ1n) is 19.1. The highest BCUT2D eigenvalue weighted by atomic mass is 35.5. The summed E-state index contributed by atoms with van der Waals surface area (Å²) in [7, 11) is -4.57. The van der Waals surface area contributed by atoms with Gasteiger partial charge in [0.05, 0.1) is 32.6 Å². The lowest BCUT2D eigenvalue weighted by Crippen LogP contribution is -2.02. The molecule has 16 heteroatoms. The molecule has 0 fully saturated rings. The number of nitriles is 2. The van der Waals surface area contributed by atoms with E-state index in [1.54, 1.807) is 66.7 Å². The number of nitrogens with zero attached hydrogens (tertiary/aromatic N) is 9. The Kier molecular flexibility index (Phi) is 9.77. The molecule has 1 N–H and O–H groups in total. The van der Waals surface area contributed by atoms with Gasteiger partial charge in [0.15, 0.2) is 0 Å². The predicted octanol–water partition coefficient (Wildman–Crippen LogP) is 12.2. The van der Waals surface area contributed by atoms with Gasteiger partial charge in [0.1, 0.15) is 62.7 Å². The first-order valence-corrected chi connectivity index (χ1v) is 21.7. The van der Waals surface area contributed by atoms with Gasteiger partial charge in [0, 0.05) is 38.8 Å². The molecule has 10 rings (SSSR count). The Morgan fingerprint density at radius 1 is 0.531 bits per heavy atom. The molecule has 0 saturated carbocycles. The van der Waals surface area contributed by atoms with E-state index in [4.69, 9.17) is 56.3 Å². The lowest BCUT2D eigenvalue weighted by Gasteiger charge is -2.13. The van der Waals surface area contributed by atoms with E-state index in [0.717, 1.165) is 0 Å². The molecule has 0 aliphatic carbocycles. The van der Waals surface area contributed by atoms with Gasteiger partial charge in [-0.3, -0.25) is 18.3 Å². The topological polar surface area (TPSA) is 160 Å². The van der Waals surface area contributed by atoms with Crippen LogP contribution in [0.2, 0.25) is 15.1 Å². The van der Waals surface area contributed by atoms with Gasteiger partial charge in [0.2, 0.25) is 5.69 Å². The monoisotopic (exact) mass is 911 g/mol. The van der Waals surface area contributed by atoms with Crippen LogP contribution in [0.3, 0.4) is 0 Å². The van der Waals surface area contributed by atoms with Crippen LogP contribution in [0.1, 0.15) is 11.1 Å². The Morgan fingerprint density at radius 2 is 0.906 bits per heavy atom. The van der Waals surface area contributed by atoms with E-state index in [-0.39, 0.29) is 36.8 Å². The number of halogens is 3. The number of aromatic nitrogens is 6. The van der Waals surface area contributed by atoms with Crippen molar-refractivity contribution in [1.82, 2.24) is 28.7 Å². The number of imidazole rings is 3. The third-order valence-electron chi connectivity index (χ3n) is 10.7. The molecule has 0 aliphatic heterocycles. The first kappa shape index (κ1) is 40.3. The highest BCUT2D eigenvalue weighted by Crippen LogP contribution is 2.45. The summed E-state index contributed by atoms with van der Waals surface area (Å²) in [5, 5.41) is 20.2. The summed E-state index contributed by atoms with van der Waals surface area (Å²) >= 11 is 20.1. The lowest BCUT2D eigenvalue weighted by atomic mass is 10.1. The minimum absolute atomic E-state index is 0.181.